The molecule has 0 saturated heterocycles. The monoisotopic (exact) mass is 355 g/mol. The van der Waals surface area contributed by atoms with Crippen molar-refractivity contribution in [1.29, 1.82) is 0 Å². The zero-order valence-corrected chi connectivity index (χ0v) is 15.8. The van der Waals surface area contributed by atoms with Crippen molar-refractivity contribution in [3.05, 3.63) is 54.1 Å². The van der Waals surface area contributed by atoms with Crippen molar-refractivity contribution in [2.45, 2.75) is 46.0 Å². The van der Waals surface area contributed by atoms with Crippen LogP contribution >= 0.6 is 0 Å². The topological polar surface area (TPSA) is 47.6 Å². The number of hydrogen-bond acceptors (Lipinski definition) is 3. The third-order valence-corrected chi connectivity index (χ3v) is 3.97. The van der Waals surface area contributed by atoms with Gasteiger partial charge in [0.25, 0.3) is 5.91 Å². The number of anilines is 1. The maximum absolute atomic E-state index is 12.5. The van der Waals surface area contributed by atoms with E-state index in [4.69, 9.17) is 9.47 Å². The summed E-state index contributed by atoms with van der Waals surface area (Å²) < 4.78 is 11.4. The molecule has 0 saturated carbocycles. The first-order valence-corrected chi connectivity index (χ1v) is 9.50. The number of hydrogen-bond donors (Lipinski definition) is 1. The summed E-state index contributed by atoms with van der Waals surface area (Å²) in [5, 5.41) is 2.91. The molecule has 0 aliphatic rings. The first-order chi connectivity index (χ1) is 12.7. The van der Waals surface area contributed by atoms with Crippen LogP contribution in [0.2, 0.25) is 0 Å². The number of unbranched alkanes of at least 4 members (excludes halogenated alkanes) is 3. The Balaban J connectivity index is 1.89. The lowest BCUT2D eigenvalue weighted by molar-refractivity contribution is 0.102. The summed E-state index contributed by atoms with van der Waals surface area (Å²) >= 11 is 0. The minimum atomic E-state index is -0.176. The lowest BCUT2D eigenvalue weighted by Crippen LogP contribution is -2.13. The number of ether oxygens (including phenoxy) is 2. The van der Waals surface area contributed by atoms with Gasteiger partial charge in [-0.05, 0) is 49.2 Å². The van der Waals surface area contributed by atoms with E-state index in [-0.39, 0.29) is 5.91 Å². The van der Waals surface area contributed by atoms with Gasteiger partial charge in [0, 0.05) is 5.69 Å². The van der Waals surface area contributed by atoms with Crippen LogP contribution in [0.25, 0.3) is 0 Å². The molecule has 0 spiro atoms. The highest BCUT2D eigenvalue weighted by Crippen LogP contribution is 2.21. The van der Waals surface area contributed by atoms with Crippen LogP contribution in [0.5, 0.6) is 11.5 Å². The molecule has 2 aromatic rings. The van der Waals surface area contributed by atoms with Crippen LogP contribution in [0.4, 0.5) is 5.69 Å². The van der Waals surface area contributed by atoms with Gasteiger partial charge in [-0.1, -0.05) is 45.2 Å². The number of carbonyl (C=O) groups excluding carboxylic acids is 1. The van der Waals surface area contributed by atoms with Crippen LogP contribution in [0, 0.1) is 0 Å². The molecule has 140 valence electrons. The van der Waals surface area contributed by atoms with Crippen LogP contribution in [0.3, 0.4) is 0 Å². The number of benzene rings is 2. The van der Waals surface area contributed by atoms with Gasteiger partial charge in [-0.3, -0.25) is 4.79 Å². The summed E-state index contributed by atoms with van der Waals surface area (Å²) in [6.07, 6.45) is 5.64. The van der Waals surface area contributed by atoms with Crippen molar-refractivity contribution in [3.8, 4) is 11.5 Å². The molecular formula is C22H29NO3. The van der Waals surface area contributed by atoms with Crippen LogP contribution in [0.1, 0.15) is 56.3 Å². The highest BCUT2D eigenvalue weighted by Gasteiger charge is 2.12. The fourth-order valence-corrected chi connectivity index (χ4v) is 2.54. The standard InChI is InChI=1S/C22H29NO3/c1-3-5-6-9-17-25-19-14-12-18(13-15-19)23-22(24)20-10-7-8-11-21(20)26-16-4-2/h7-8,10-15H,3-6,9,16-17H2,1-2H3,(H,23,24). The minimum Gasteiger partial charge on any atom is -0.494 e. The molecule has 1 amide bonds. The quantitative estimate of drug-likeness (QED) is 0.527. The maximum atomic E-state index is 12.5. The molecule has 0 fully saturated rings. The fourth-order valence-electron chi connectivity index (χ4n) is 2.54. The summed E-state index contributed by atoms with van der Waals surface area (Å²) in [4.78, 5) is 12.5. The fraction of sp³-hybridized carbons (Fsp3) is 0.409. The zero-order chi connectivity index (χ0) is 18.6. The Morgan fingerprint density at radius 3 is 2.35 bits per heavy atom. The average molecular weight is 355 g/mol. The van der Waals surface area contributed by atoms with Gasteiger partial charge in [0.1, 0.15) is 11.5 Å². The zero-order valence-electron chi connectivity index (χ0n) is 15.8. The number of para-hydroxylation sites is 1. The summed E-state index contributed by atoms with van der Waals surface area (Å²) in [5.41, 5.74) is 1.27. The normalized spacial score (nSPS) is 10.4. The van der Waals surface area contributed by atoms with Gasteiger partial charge < -0.3 is 14.8 Å². The third kappa shape index (κ3) is 6.43. The van der Waals surface area contributed by atoms with Crippen LogP contribution in [-0.2, 0) is 0 Å². The molecule has 0 radical (unpaired) electrons. The van der Waals surface area contributed by atoms with E-state index in [0.717, 1.165) is 30.9 Å². The summed E-state index contributed by atoms with van der Waals surface area (Å²) in [6.45, 7) is 5.56. The Kier molecular flexibility index (Phi) is 8.53. The van der Waals surface area contributed by atoms with Crippen LogP contribution in [-0.4, -0.2) is 19.1 Å². The van der Waals surface area contributed by atoms with Crippen molar-refractivity contribution in [2.75, 3.05) is 18.5 Å². The second kappa shape index (κ2) is 11.2. The molecule has 26 heavy (non-hydrogen) atoms. The van der Waals surface area contributed by atoms with Crippen molar-refractivity contribution in [3.63, 3.8) is 0 Å². The molecule has 0 aliphatic heterocycles. The molecule has 0 aliphatic carbocycles. The molecule has 2 aromatic carbocycles. The molecule has 0 atom stereocenters. The van der Waals surface area contributed by atoms with Crippen molar-refractivity contribution >= 4 is 11.6 Å². The van der Waals surface area contributed by atoms with Crippen LogP contribution in [0.15, 0.2) is 48.5 Å². The van der Waals surface area contributed by atoms with Gasteiger partial charge in [0.2, 0.25) is 0 Å². The molecule has 0 bridgehead atoms. The van der Waals surface area contributed by atoms with E-state index in [0.29, 0.717) is 17.9 Å². The Labute approximate surface area is 156 Å². The van der Waals surface area contributed by atoms with E-state index >= 15 is 0 Å². The van der Waals surface area contributed by atoms with Gasteiger partial charge in [-0.2, -0.15) is 0 Å². The van der Waals surface area contributed by atoms with Gasteiger partial charge in [0.15, 0.2) is 0 Å². The van der Waals surface area contributed by atoms with Gasteiger partial charge in [-0.25, -0.2) is 0 Å². The van der Waals surface area contributed by atoms with E-state index in [2.05, 4.69) is 12.2 Å². The Morgan fingerprint density at radius 1 is 0.846 bits per heavy atom. The first kappa shape index (κ1) is 19.8. The van der Waals surface area contributed by atoms with Crippen molar-refractivity contribution < 1.29 is 14.3 Å². The van der Waals surface area contributed by atoms with E-state index in [1.165, 1.54) is 19.3 Å². The summed E-state index contributed by atoms with van der Waals surface area (Å²) in [7, 11) is 0. The Bertz CT molecular complexity index is 667. The van der Waals surface area contributed by atoms with E-state index < -0.39 is 0 Å². The van der Waals surface area contributed by atoms with E-state index in [9.17, 15) is 4.79 Å². The number of nitrogens with one attached hydrogen (secondary N) is 1. The first-order valence-electron chi connectivity index (χ1n) is 9.50. The minimum absolute atomic E-state index is 0.176. The molecule has 1 N–H and O–H groups in total. The number of amides is 1. The molecular weight excluding hydrogens is 326 g/mol. The molecule has 2 rings (SSSR count). The third-order valence-electron chi connectivity index (χ3n) is 3.97. The van der Waals surface area contributed by atoms with Crippen molar-refractivity contribution in [1.82, 2.24) is 0 Å². The predicted molar refractivity (Wildman–Crippen MR) is 106 cm³/mol. The summed E-state index contributed by atoms with van der Waals surface area (Å²) in [6, 6.07) is 14.8. The second-order valence-corrected chi connectivity index (χ2v) is 6.23. The van der Waals surface area contributed by atoms with Crippen LogP contribution < -0.4 is 14.8 Å². The van der Waals surface area contributed by atoms with Gasteiger partial charge >= 0.3 is 0 Å². The molecule has 0 heterocycles. The predicted octanol–water partition coefficient (Wildman–Crippen LogP) is 5.69. The van der Waals surface area contributed by atoms with E-state index in [1.54, 1.807) is 6.07 Å². The van der Waals surface area contributed by atoms with Gasteiger partial charge in [-0.15, -0.1) is 0 Å². The molecule has 4 nitrogen and oxygen atoms in total. The number of rotatable bonds is 11. The summed E-state index contributed by atoms with van der Waals surface area (Å²) in [5.74, 6) is 1.26. The second-order valence-electron chi connectivity index (χ2n) is 6.23. The van der Waals surface area contributed by atoms with Crippen molar-refractivity contribution in [2.24, 2.45) is 0 Å². The lowest BCUT2D eigenvalue weighted by Gasteiger charge is -2.11. The smallest absolute Gasteiger partial charge is 0.259 e. The largest absolute Gasteiger partial charge is 0.494 e. The average Bonchev–Trinajstić information content (AvgIpc) is 2.67. The maximum Gasteiger partial charge on any atom is 0.259 e. The highest BCUT2D eigenvalue weighted by molar-refractivity contribution is 6.06. The lowest BCUT2D eigenvalue weighted by atomic mass is 10.2. The molecule has 0 aromatic heterocycles. The molecule has 0 unspecified atom stereocenters. The van der Waals surface area contributed by atoms with Gasteiger partial charge in [0.05, 0.1) is 18.8 Å². The Morgan fingerprint density at radius 2 is 1.62 bits per heavy atom. The molecule has 4 heteroatoms. The number of carbonyl (C=O) groups is 1. The SMILES string of the molecule is CCCCCCOc1ccc(NC(=O)c2ccccc2OCCC)cc1. The van der Waals surface area contributed by atoms with E-state index in [1.807, 2.05) is 49.4 Å². The highest BCUT2D eigenvalue weighted by atomic mass is 16.5. The Hall–Kier alpha value is -2.49.